The van der Waals surface area contributed by atoms with Crippen molar-refractivity contribution in [3.63, 3.8) is 0 Å². The number of benzene rings is 1. The normalized spacial score (nSPS) is 23.5. The summed E-state index contributed by atoms with van der Waals surface area (Å²) < 4.78 is 0. The highest BCUT2D eigenvalue weighted by Crippen LogP contribution is 2.32. The second-order valence-corrected chi connectivity index (χ2v) is 6.99. The lowest BCUT2D eigenvalue weighted by Gasteiger charge is -2.25. The van der Waals surface area contributed by atoms with E-state index in [1.54, 1.807) is 0 Å². The summed E-state index contributed by atoms with van der Waals surface area (Å²) in [6.07, 6.45) is 1.11. The minimum atomic E-state index is 0.180. The van der Waals surface area contributed by atoms with Gasteiger partial charge in [-0.2, -0.15) is 0 Å². The standard InChI is InChI=1S/C19H23N3O/c1-11-4-5-16-15(8-11)18(12(2)13(3)21-16)19(23)22-7-6-14-9-20-10-17(14)22/h4-5,8,14,17,20H,6-7,9-10H2,1-3H3/t14-,17+/m1/s1. The van der Waals surface area contributed by atoms with Crippen LogP contribution in [0.15, 0.2) is 18.2 Å². The Morgan fingerprint density at radius 2 is 2.09 bits per heavy atom. The molecule has 0 radical (unpaired) electrons. The summed E-state index contributed by atoms with van der Waals surface area (Å²) >= 11 is 0. The largest absolute Gasteiger partial charge is 0.334 e. The minimum Gasteiger partial charge on any atom is -0.334 e. The van der Waals surface area contributed by atoms with E-state index < -0.39 is 0 Å². The molecule has 4 rings (SSSR count). The molecule has 2 saturated heterocycles. The summed E-state index contributed by atoms with van der Waals surface area (Å²) in [6, 6.07) is 6.54. The molecule has 2 aromatic rings. The smallest absolute Gasteiger partial charge is 0.255 e. The molecule has 4 heteroatoms. The van der Waals surface area contributed by atoms with E-state index in [-0.39, 0.29) is 5.91 Å². The summed E-state index contributed by atoms with van der Waals surface area (Å²) in [5.41, 5.74) is 4.90. The van der Waals surface area contributed by atoms with Crippen molar-refractivity contribution in [2.75, 3.05) is 19.6 Å². The van der Waals surface area contributed by atoms with Gasteiger partial charge in [-0.05, 0) is 50.8 Å². The van der Waals surface area contributed by atoms with Gasteiger partial charge in [0.15, 0.2) is 0 Å². The molecular weight excluding hydrogens is 286 g/mol. The van der Waals surface area contributed by atoms with E-state index in [0.717, 1.165) is 53.8 Å². The molecule has 4 nitrogen and oxygen atoms in total. The molecule has 1 amide bonds. The maximum atomic E-state index is 13.4. The van der Waals surface area contributed by atoms with Crippen molar-refractivity contribution in [3.8, 4) is 0 Å². The van der Waals surface area contributed by atoms with E-state index in [9.17, 15) is 4.79 Å². The summed E-state index contributed by atoms with van der Waals surface area (Å²) in [5, 5.41) is 4.42. The van der Waals surface area contributed by atoms with Crippen molar-refractivity contribution in [2.45, 2.75) is 33.2 Å². The summed E-state index contributed by atoms with van der Waals surface area (Å²) in [4.78, 5) is 20.1. The Hall–Kier alpha value is -1.94. The number of aromatic nitrogens is 1. The Morgan fingerprint density at radius 1 is 1.26 bits per heavy atom. The van der Waals surface area contributed by atoms with Crippen LogP contribution in [-0.4, -0.2) is 41.5 Å². The van der Waals surface area contributed by atoms with Crippen LogP contribution in [0.25, 0.3) is 10.9 Å². The van der Waals surface area contributed by atoms with Crippen LogP contribution in [0.4, 0.5) is 0 Å². The second-order valence-electron chi connectivity index (χ2n) is 6.99. The molecule has 2 aliphatic rings. The molecule has 3 heterocycles. The molecular formula is C19H23N3O. The molecule has 0 spiro atoms. The molecule has 2 fully saturated rings. The summed E-state index contributed by atoms with van der Waals surface area (Å²) in [7, 11) is 0. The average Bonchev–Trinajstić information content (AvgIpc) is 3.11. The molecule has 2 aliphatic heterocycles. The first-order valence-corrected chi connectivity index (χ1v) is 8.45. The third kappa shape index (κ3) is 2.24. The number of amides is 1. The highest BCUT2D eigenvalue weighted by Gasteiger charge is 2.40. The second kappa shape index (κ2) is 5.31. The summed E-state index contributed by atoms with van der Waals surface area (Å²) in [6.45, 7) is 8.94. The minimum absolute atomic E-state index is 0.180. The number of nitrogens with zero attached hydrogens (tertiary/aromatic N) is 2. The van der Waals surface area contributed by atoms with Gasteiger partial charge in [0.25, 0.3) is 5.91 Å². The third-order valence-corrected chi connectivity index (χ3v) is 5.55. The first kappa shape index (κ1) is 14.6. The molecule has 23 heavy (non-hydrogen) atoms. The van der Waals surface area contributed by atoms with Crippen molar-refractivity contribution in [2.24, 2.45) is 5.92 Å². The van der Waals surface area contributed by atoms with E-state index in [1.165, 1.54) is 5.56 Å². The van der Waals surface area contributed by atoms with Gasteiger partial charge in [-0.3, -0.25) is 9.78 Å². The van der Waals surface area contributed by atoms with Crippen molar-refractivity contribution in [1.29, 1.82) is 0 Å². The lowest BCUT2D eigenvalue weighted by atomic mass is 9.98. The van der Waals surface area contributed by atoms with Gasteiger partial charge < -0.3 is 10.2 Å². The quantitative estimate of drug-likeness (QED) is 0.880. The Bertz CT molecular complexity index is 799. The highest BCUT2D eigenvalue weighted by molar-refractivity contribution is 6.08. The predicted molar refractivity (Wildman–Crippen MR) is 91.8 cm³/mol. The van der Waals surface area contributed by atoms with Gasteiger partial charge in [0.1, 0.15) is 0 Å². The Morgan fingerprint density at radius 3 is 2.91 bits per heavy atom. The first-order chi connectivity index (χ1) is 11.1. The van der Waals surface area contributed by atoms with Gasteiger partial charge in [-0.15, -0.1) is 0 Å². The van der Waals surface area contributed by atoms with E-state index in [1.807, 2.05) is 19.9 Å². The monoisotopic (exact) mass is 309 g/mol. The van der Waals surface area contributed by atoms with Crippen LogP contribution in [0.1, 0.15) is 33.6 Å². The van der Waals surface area contributed by atoms with Crippen LogP contribution >= 0.6 is 0 Å². The number of hydrogen-bond acceptors (Lipinski definition) is 3. The third-order valence-electron chi connectivity index (χ3n) is 5.55. The van der Waals surface area contributed by atoms with E-state index in [2.05, 4.69) is 34.3 Å². The van der Waals surface area contributed by atoms with Crippen molar-refractivity contribution >= 4 is 16.8 Å². The molecule has 0 unspecified atom stereocenters. The van der Waals surface area contributed by atoms with Crippen LogP contribution in [0.3, 0.4) is 0 Å². The zero-order valence-electron chi connectivity index (χ0n) is 14.0. The van der Waals surface area contributed by atoms with Crippen LogP contribution in [0.2, 0.25) is 0 Å². The highest BCUT2D eigenvalue weighted by atomic mass is 16.2. The molecule has 2 atom stereocenters. The van der Waals surface area contributed by atoms with Crippen molar-refractivity contribution < 1.29 is 4.79 Å². The number of likely N-dealkylation sites (tertiary alicyclic amines) is 1. The van der Waals surface area contributed by atoms with Crippen LogP contribution < -0.4 is 5.32 Å². The van der Waals surface area contributed by atoms with Gasteiger partial charge in [0.05, 0.1) is 11.1 Å². The first-order valence-electron chi connectivity index (χ1n) is 8.45. The van der Waals surface area contributed by atoms with Crippen LogP contribution in [-0.2, 0) is 0 Å². The van der Waals surface area contributed by atoms with Crippen molar-refractivity contribution in [3.05, 3.63) is 40.6 Å². The summed E-state index contributed by atoms with van der Waals surface area (Å²) in [5.74, 6) is 0.801. The fourth-order valence-electron chi connectivity index (χ4n) is 4.12. The predicted octanol–water partition coefficient (Wildman–Crippen LogP) is 2.59. The van der Waals surface area contributed by atoms with E-state index in [4.69, 9.17) is 0 Å². The molecule has 120 valence electrons. The van der Waals surface area contributed by atoms with Gasteiger partial charge in [0.2, 0.25) is 0 Å². The number of pyridine rings is 1. The number of carbonyl (C=O) groups is 1. The maximum Gasteiger partial charge on any atom is 0.255 e. The molecule has 1 N–H and O–H groups in total. The van der Waals surface area contributed by atoms with Crippen LogP contribution in [0, 0.1) is 26.7 Å². The number of rotatable bonds is 1. The van der Waals surface area contributed by atoms with Crippen LogP contribution in [0.5, 0.6) is 0 Å². The van der Waals surface area contributed by atoms with Gasteiger partial charge in [0, 0.05) is 36.8 Å². The van der Waals surface area contributed by atoms with Gasteiger partial charge in [-0.25, -0.2) is 0 Å². The fraction of sp³-hybridized carbons (Fsp3) is 0.474. The SMILES string of the molecule is Cc1ccc2nc(C)c(C)c(C(=O)N3CC[C@@H]4CNC[C@@H]43)c2c1. The fourth-order valence-corrected chi connectivity index (χ4v) is 4.12. The van der Waals surface area contributed by atoms with E-state index in [0.29, 0.717) is 12.0 Å². The topological polar surface area (TPSA) is 45.2 Å². The van der Waals surface area contributed by atoms with Gasteiger partial charge in [-0.1, -0.05) is 11.6 Å². The number of carbonyl (C=O) groups excluding carboxylic acids is 1. The van der Waals surface area contributed by atoms with E-state index >= 15 is 0 Å². The number of hydrogen-bond donors (Lipinski definition) is 1. The zero-order chi connectivity index (χ0) is 16.1. The lowest BCUT2D eigenvalue weighted by Crippen LogP contribution is -2.39. The Kier molecular flexibility index (Phi) is 3.38. The number of nitrogens with one attached hydrogen (secondary N) is 1. The molecule has 0 saturated carbocycles. The Balaban J connectivity index is 1.85. The number of aryl methyl sites for hydroxylation is 2. The Labute approximate surface area is 136 Å². The number of fused-ring (bicyclic) bond motifs is 2. The van der Waals surface area contributed by atoms with Gasteiger partial charge >= 0.3 is 0 Å². The molecule has 0 aliphatic carbocycles. The molecule has 1 aromatic carbocycles. The maximum absolute atomic E-state index is 13.4. The lowest BCUT2D eigenvalue weighted by molar-refractivity contribution is 0.0738. The zero-order valence-corrected chi connectivity index (χ0v) is 14.0. The van der Waals surface area contributed by atoms with Crippen molar-refractivity contribution in [1.82, 2.24) is 15.2 Å². The molecule has 0 bridgehead atoms. The average molecular weight is 309 g/mol. The molecule has 1 aromatic heterocycles.